The van der Waals surface area contributed by atoms with Crippen LogP contribution < -0.4 is 10.7 Å². The Morgan fingerprint density at radius 1 is 1.04 bits per heavy atom. The molecule has 8 heteroatoms. The Kier molecular flexibility index (Phi) is 5.90. The molecule has 2 aromatic rings. The third-order valence-corrected chi connectivity index (χ3v) is 3.54. The van der Waals surface area contributed by atoms with Gasteiger partial charge in [0.25, 0.3) is 0 Å². The van der Waals surface area contributed by atoms with Crippen LogP contribution in [0.5, 0.6) is 0 Å². The van der Waals surface area contributed by atoms with E-state index in [0.717, 1.165) is 0 Å². The molecule has 2 rings (SSSR count). The van der Waals surface area contributed by atoms with Gasteiger partial charge in [-0.25, -0.2) is 5.43 Å². The van der Waals surface area contributed by atoms with Crippen LogP contribution in [-0.2, 0) is 9.59 Å². The van der Waals surface area contributed by atoms with Crippen molar-refractivity contribution in [3.05, 3.63) is 63.6 Å². The molecule has 0 aliphatic heterocycles. The Morgan fingerprint density at radius 3 is 2.38 bits per heavy atom. The number of nitriles is 1. The third kappa shape index (κ3) is 4.81. The van der Waals surface area contributed by atoms with Gasteiger partial charge in [-0.15, -0.1) is 0 Å². The molecule has 0 unspecified atom stereocenters. The van der Waals surface area contributed by atoms with Crippen molar-refractivity contribution in [2.24, 2.45) is 5.10 Å². The van der Waals surface area contributed by atoms with Gasteiger partial charge in [0.15, 0.2) is 0 Å². The van der Waals surface area contributed by atoms with Crippen molar-refractivity contribution in [1.29, 1.82) is 5.26 Å². The van der Waals surface area contributed by atoms with E-state index in [1.54, 1.807) is 18.2 Å². The van der Waals surface area contributed by atoms with Crippen molar-refractivity contribution in [2.75, 3.05) is 5.32 Å². The smallest absolute Gasteiger partial charge is 0.318 e. The lowest BCUT2D eigenvalue weighted by Crippen LogP contribution is -2.32. The number of hydrogen-bond donors (Lipinski definition) is 2. The zero-order chi connectivity index (χ0) is 17.5. The van der Waals surface area contributed by atoms with E-state index >= 15 is 0 Å². The molecule has 0 fully saturated rings. The lowest BCUT2D eigenvalue weighted by atomic mass is 10.2. The molecule has 0 spiro atoms. The predicted molar refractivity (Wildman–Crippen MR) is 92.0 cm³/mol. The van der Waals surface area contributed by atoms with Gasteiger partial charge in [0.1, 0.15) is 0 Å². The van der Waals surface area contributed by atoms with Gasteiger partial charge >= 0.3 is 11.8 Å². The van der Waals surface area contributed by atoms with Crippen LogP contribution in [0, 0.1) is 11.3 Å². The van der Waals surface area contributed by atoms with Gasteiger partial charge in [0, 0.05) is 5.69 Å². The van der Waals surface area contributed by atoms with E-state index < -0.39 is 11.8 Å². The number of benzene rings is 2. The Balaban J connectivity index is 1.91. The number of carbonyl (C=O) groups is 2. The van der Waals surface area contributed by atoms with Gasteiger partial charge in [-0.05, 0) is 42.0 Å². The van der Waals surface area contributed by atoms with Crippen molar-refractivity contribution in [2.45, 2.75) is 0 Å². The van der Waals surface area contributed by atoms with E-state index in [1.165, 1.54) is 30.5 Å². The Morgan fingerprint density at radius 2 is 1.75 bits per heavy atom. The van der Waals surface area contributed by atoms with Gasteiger partial charge in [-0.3, -0.25) is 9.59 Å². The van der Waals surface area contributed by atoms with E-state index in [9.17, 15) is 9.59 Å². The molecule has 0 atom stereocenters. The minimum atomic E-state index is -0.935. The molecular formula is C16H10Cl2N4O2. The summed E-state index contributed by atoms with van der Waals surface area (Å²) in [7, 11) is 0. The number of carbonyl (C=O) groups excluding carboxylic acids is 2. The highest BCUT2D eigenvalue weighted by molar-refractivity contribution is 6.42. The molecule has 0 bridgehead atoms. The highest BCUT2D eigenvalue weighted by Gasteiger charge is 2.12. The quantitative estimate of drug-likeness (QED) is 0.500. The zero-order valence-electron chi connectivity index (χ0n) is 12.1. The maximum atomic E-state index is 11.7. The zero-order valence-corrected chi connectivity index (χ0v) is 13.6. The van der Waals surface area contributed by atoms with Crippen LogP contribution in [0.15, 0.2) is 47.6 Å². The molecule has 0 saturated heterocycles. The first-order valence-electron chi connectivity index (χ1n) is 6.59. The standard InChI is InChI=1S/C16H10Cl2N4O2/c17-13-6-3-11(7-14(13)18)9-20-22-16(24)15(23)21-12-4-1-10(8-19)2-5-12/h1-7,9H,(H,21,23)(H,22,24)/b20-9+. The number of anilines is 1. The minimum absolute atomic E-state index is 0.352. The SMILES string of the molecule is N#Cc1ccc(NC(=O)C(=O)N/N=C/c2ccc(Cl)c(Cl)c2)cc1. The second-order valence-electron chi connectivity index (χ2n) is 4.52. The van der Waals surface area contributed by atoms with E-state index in [4.69, 9.17) is 28.5 Å². The summed E-state index contributed by atoms with van der Waals surface area (Å²) in [5.41, 5.74) is 3.55. The molecule has 6 nitrogen and oxygen atoms in total. The number of halogens is 2. The number of hydrazone groups is 1. The predicted octanol–water partition coefficient (Wildman–Crippen LogP) is 2.95. The highest BCUT2D eigenvalue weighted by atomic mass is 35.5. The summed E-state index contributed by atoms with van der Waals surface area (Å²) in [4.78, 5) is 23.4. The maximum Gasteiger partial charge on any atom is 0.329 e. The number of hydrogen-bond acceptors (Lipinski definition) is 4. The van der Waals surface area contributed by atoms with Crippen LogP contribution in [0.4, 0.5) is 5.69 Å². The monoisotopic (exact) mass is 360 g/mol. The average Bonchev–Trinajstić information content (AvgIpc) is 2.58. The lowest BCUT2D eigenvalue weighted by molar-refractivity contribution is -0.136. The lowest BCUT2D eigenvalue weighted by Gasteiger charge is -2.03. The van der Waals surface area contributed by atoms with Crippen molar-refractivity contribution in [3.63, 3.8) is 0 Å². The summed E-state index contributed by atoms with van der Waals surface area (Å²) >= 11 is 11.6. The summed E-state index contributed by atoms with van der Waals surface area (Å²) in [6.45, 7) is 0. The molecule has 0 aliphatic rings. The Labute approximate surface area is 147 Å². The molecule has 0 heterocycles. The number of nitrogens with zero attached hydrogens (tertiary/aromatic N) is 2. The molecule has 0 radical (unpaired) electrons. The number of nitrogens with one attached hydrogen (secondary N) is 2. The van der Waals surface area contributed by atoms with Gasteiger partial charge in [-0.2, -0.15) is 10.4 Å². The maximum absolute atomic E-state index is 11.7. The van der Waals surface area contributed by atoms with Crippen molar-refractivity contribution in [1.82, 2.24) is 5.43 Å². The first kappa shape index (κ1) is 17.5. The van der Waals surface area contributed by atoms with Crippen molar-refractivity contribution >= 4 is 46.9 Å². The van der Waals surface area contributed by atoms with Crippen LogP contribution >= 0.6 is 23.2 Å². The second kappa shape index (κ2) is 8.11. The van der Waals surface area contributed by atoms with Crippen LogP contribution in [0.2, 0.25) is 10.0 Å². The number of rotatable bonds is 3. The van der Waals surface area contributed by atoms with Crippen LogP contribution in [0.25, 0.3) is 0 Å². The normalized spacial score (nSPS) is 10.2. The Hall–Kier alpha value is -2.88. The van der Waals surface area contributed by atoms with Crippen LogP contribution in [0.1, 0.15) is 11.1 Å². The minimum Gasteiger partial charge on any atom is -0.318 e. The fraction of sp³-hybridized carbons (Fsp3) is 0. The second-order valence-corrected chi connectivity index (χ2v) is 5.33. The average molecular weight is 361 g/mol. The fourth-order valence-corrected chi connectivity index (χ4v) is 1.93. The molecule has 0 aromatic heterocycles. The highest BCUT2D eigenvalue weighted by Crippen LogP contribution is 2.21. The van der Waals surface area contributed by atoms with Gasteiger partial charge in [0.2, 0.25) is 0 Å². The topological polar surface area (TPSA) is 94.4 Å². The van der Waals surface area contributed by atoms with E-state index in [1.807, 2.05) is 6.07 Å². The molecule has 0 saturated carbocycles. The molecule has 2 N–H and O–H groups in total. The van der Waals surface area contributed by atoms with E-state index in [-0.39, 0.29) is 0 Å². The van der Waals surface area contributed by atoms with Crippen molar-refractivity contribution in [3.8, 4) is 6.07 Å². The molecule has 24 heavy (non-hydrogen) atoms. The molecule has 0 aliphatic carbocycles. The summed E-state index contributed by atoms with van der Waals surface area (Å²) in [5.74, 6) is -1.82. The summed E-state index contributed by atoms with van der Waals surface area (Å²) in [6.07, 6.45) is 1.33. The third-order valence-electron chi connectivity index (χ3n) is 2.80. The van der Waals surface area contributed by atoms with Crippen LogP contribution in [0.3, 0.4) is 0 Å². The van der Waals surface area contributed by atoms with Gasteiger partial charge < -0.3 is 5.32 Å². The summed E-state index contributed by atoms with van der Waals surface area (Å²) in [6, 6.07) is 12.8. The largest absolute Gasteiger partial charge is 0.329 e. The first-order chi connectivity index (χ1) is 11.5. The summed E-state index contributed by atoms with van der Waals surface area (Å²) in [5, 5.41) is 15.5. The van der Waals surface area contributed by atoms with E-state index in [2.05, 4.69) is 15.8 Å². The van der Waals surface area contributed by atoms with Crippen LogP contribution in [-0.4, -0.2) is 18.0 Å². The molecule has 2 aromatic carbocycles. The van der Waals surface area contributed by atoms with Gasteiger partial charge in [-0.1, -0.05) is 29.3 Å². The fourth-order valence-electron chi connectivity index (χ4n) is 1.62. The molecule has 2 amide bonds. The van der Waals surface area contributed by atoms with Crippen molar-refractivity contribution < 1.29 is 9.59 Å². The van der Waals surface area contributed by atoms with Gasteiger partial charge in [0.05, 0.1) is 27.9 Å². The molecule has 120 valence electrons. The summed E-state index contributed by atoms with van der Waals surface area (Å²) < 4.78 is 0. The first-order valence-corrected chi connectivity index (χ1v) is 7.35. The molecular weight excluding hydrogens is 351 g/mol. The number of amides is 2. The van der Waals surface area contributed by atoms with E-state index in [0.29, 0.717) is 26.9 Å². The Bertz CT molecular complexity index is 842.